The summed E-state index contributed by atoms with van der Waals surface area (Å²) in [5.74, 6) is -5.29. The lowest BCUT2D eigenvalue weighted by Crippen LogP contribution is -2.55. The Morgan fingerprint density at radius 2 is 1.69 bits per heavy atom. The third-order valence-corrected chi connectivity index (χ3v) is 9.14. The van der Waals surface area contributed by atoms with Crippen molar-refractivity contribution in [1.82, 2.24) is 35.1 Å². The van der Waals surface area contributed by atoms with Crippen LogP contribution in [0.25, 0.3) is 5.69 Å². The van der Waals surface area contributed by atoms with E-state index in [4.69, 9.17) is 9.47 Å². The number of carboxylic acid groups (broad SMARTS) is 1. The summed E-state index contributed by atoms with van der Waals surface area (Å²) in [6.45, 7) is 1.75. The van der Waals surface area contributed by atoms with Crippen molar-refractivity contribution in [3.8, 4) is 11.6 Å². The van der Waals surface area contributed by atoms with Gasteiger partial charge >= 0.3 is 12.1 Å². The molecule has 3 N–H and O–H groups in total. The Morgan fingerprint density at radius 3 is 2.33 bits per heavy atom. The molecule has 2 atom stereocenters. The molecule has 0 unspecified atom stereocenters. The first kappa shape index (κ1) is 37.0. The fraction of sp³-hybridized carbons (Fsp3) is 0.545. The van der Waals surface area contributed by atoms with E-state index in [9.17, 15) is 42.7 Å². The number of nitrogens with one attached hydrogen (secondary N) is 2. The van der Waals surface area contributed by atoms with Gasteiger partial charge < -0.3 is 39.9 Å². The molecule has 16 nitrogen and oxygen atoms in total. The highest BCUT2D eigenvalue weighted by atomic mass is 19.2. The number of nitrogens with zero attached hydrogens (tertiary/aromatic N) is 5. The molecule has 1 aromatic carbocycles. The van der Waals surface area contributed by atoms with Crippen molar-refractivity contribution in [1.29, 1.82) is 0 Å². The predicted octanol–water partition coefficient (Wildman–Crippen LogP) is 1.45. The minimum absolute atomic E-state index is 0.0411. The van der Waals surface area contributed by atoms with Crippen molar-refractivity contribution in [2.45, 2.75) is 70.0 Å². The van der Waals surface area contributed by atoms with Crippen LogP contribution in [0.1, 0.15) is 62.4 Å². The van der Waals surface area contributed by atoms with Crippen molar-refractivity contribution in [3.05, 3.63) is 41.6 Å². The van der Waals surface area contributed by atoms with E-state index < -0.39 is 60.1 Å². The molecule has 0 spiro atoms. The zero-order chi connectivity index (χ0) is 36.7. The van der Waals surface area contributed by atoms with Gasteiger partial charge in [-0.2, -0.15) is 5.10 Å². The molecule has 3 aliphatic rings. The van der Waals surface area contributed by atoms with Crippen molar-refractivity contribution < 1.29 is 52.1 Å². The summed E-state index contributed by atoms with van der Waals surface area (Å²) >= 11 is 0. The molecule has 1 saturated carbocycles. The van der Waals surface area contributed by atoms with Crippen LogP contribution in [0.5, 0.6) is 5.88 Å². The van der Waals surface area contributed by atoms with Crippen LogP contribution in [-0.2, 0) is 23.9 Å². The molecule has 276 valence electrons. The molecule has 1 aromatic heterocycles. The Morgan fingerprint density at radius 1 is 0.961 bits per heavy atom. The number of carbonyl (C=O) groups is 6. The fourth-order valence-corrected chi connectivity index (χ4v) is 6.11. The highest BCUT2D eigenvalue weighted by molar-refractivity contribution is 5.96. The zero-order valence-electron chi connectivity index (χ0n) is 28.1. The average molecular weight is 718 g/mol. The second-order valence-corrected chi connectivity index (χ2v) is 12.5. The maximum Gasteiger partial charge on any atom is 0.407 e. The number of hydrogen-bond acceptors (Lipinski definition) is 9. The second kappa shape index (κ2) is 16.6. The number of piperazine rings is 1. The molecule has 51 heavy (non-hydrogen) atoms. The van der Waals surface area contributed by atoms with E-state index in [0.29, 0.717) is 19.4 Å². The van der Waals surface area contributed by atoms with Crippen molar-refractivity contribution >= 4 is 35.7 Å². The van der Waals surface area contributed by atoms with E-state index in [0.717, 1.165) is 47.0 Å². The predicted molar refractivity (Wildman–Crippen MR) is 173 cm³/mol. The van der Waals surface area contributed by atoms with Gasteiger partial charge in [0, 0.05) is 57.3 Å². The maximum atomic E-state index is 14.3. The molecule has 1 aliphatic carbocycles. The number of carbonyl (C=O) groups excluding carboxylic acids is 5. The summed E-state index contributed by atoms with van der Waals surface area (Å²) in [6.07, 6.45) is 2.45. The Labute approximate surface area is 292 Å². The van der Waals surface area contributed by atoms with Gasteiger partial charge in [0.15, 0.2) is 23.9 Å². The Hall–Kier alpha value is -5.29. The van der Waals surface area contributed by atoms with Crippen LogP contribution in [0.3, 0.4) is 0 Å². The summed E-state index contributed by atoms with van der Waals surface area (Å²) < 4.78 is 39.8. The second-order valence-electron chi connectivity index (χ2n) is 12.5. The molecule has 2 saturated heterocycles. The van der Waals surface area contributed by atoms with Crippen LogP contribution in [0.2, 0.25) is 0 Å². The zero-order valence-corrected chi connectivity index (χ0v) is 28.1. The molecule has 0 radical (unpaired) electrons. The fourth-order valence-electron chi connectivity index (χ4n) is 6.11. The van der Waals surface area contributed by atoms with E-state index in [1.807, 2.05) is 0 Å². The van der Waals surface area contributed by atoms with Gasteiger partial charge in [0.25, 0.3) is 11.8 Å². The Kier molecular flexibility index (Phi) is 12.0. The molecule has 5 amide bonds. The number of halogens is 2. The van der Waals surface area contributed by atoms with Gasteiger partial charge in [-0.25, -0.2) is 18.3 Å². The topological polar surface area (TPSA) is 193 Å². The van der Waals surface area contributed by atoms with Gasteiger partial charge in [0.05, 0.1) is 12.3 Å². The molecule has 18 heteroatoms. The van der Waals surface area contributed by atoms with Gasteiger partial charge in [-0.3, -0.25) is 24.0 Å². The van der Waals surface area contributed by atoms with Gasteiger partial charge in [-0.15, -0.1) is 0 Å². The maximum absolute atomic E-state index is 14.3. The van der Waals surface area contributed by atoms with Gasteiger partial charge in [0.1, 0.15) is 12.1 Å². The number of likely N-dealkylation sites (tertiary alicyclic amines) is 1. The lowest BCUT2D eigenvalue weighted by molar-refractivity contribution is -0.143. The number of aromatic nitrogens is 2. The number of benzene rings is 1. The Balaban J connectivity index is 1.33. The van der Waals surface area contributed by atoms with Crippen LogP contribution < -0.4 is 15.4 Å². The number of rotatable bonds is 13. The minimum atomic E-state index is -1.24. The third-order valence-electron chi connectivity index (χ3n) is 9.14. The van der Waals surface area contributed by atoms with E-state index >= 15 is 0 Å². The van der Waals surface area contributed by atoms with Crippen LogP contribution in [-0.4, -0.2) is 129 Å². The van der Waals surface area contributed by atoms with Crippen LogP contribution in [0, 0.1) is 11.6 Å². The van der Waals surface area contributed by atoms with Crippen molar-refractivity contribution in [3.63, 3.8) is 0 Å². The minimum Gasteiger partial charge on any atom is -0.467 e. The highest BCUT2D eigenvalue weighted by Gasteiger charge is 2.36. The quantitative estimate of drug-likeness (QED) is 0.256. The molecule has 5 rings (SSSR count). The Bertz CT molecular complexity index is 1640. The molecule has 2 aromatic rings. The normalized spacial score (nSPS) is 18.1. The summed E-state index contributed by atoms with van der Waals surface area (Å²) in [7, 11) is 0. The number of amides is 5. The standard InChI is InChI=1S/C33H41F2N7O9/c1-2-50-29(44)11-10-24(32(47)39-13-15-40(16-14-39)33(48)49)37-30(45)25-18-28(42(38-25)21-8-9-22(34)23(35)17-21)51-19-27(43)41-12-4-7-26(41)31(46)36-20-5-3-6-20/h8-9,17-18,20,24,26H,2-7,10-16,19H2,1H3,(H,36,46)(H,37,45)(H,48,49)/t24-,26-/m0/s1. The number of hydrogen-bond donors (Lipinski definition) is 3. The smallest absolute Gasteiger partial charge is 0.407 e. The van der Waals surface area contributed by atoms with Gasteiger partial charge in [-0.1, -0.05) is 0 Å². The lowest BCUT2D eigenvalue weighted by atomic mass is 9.93. The molecule has 3 fully saturated rings. The van der Waals surface area contributed by atoms with Crippen LogP contribution in [0.15, 0.2) is 24.3 Å². The molecular weight excluding hydrogens is 676 g/mol. The highest BCUT2D eigenvalue weighted by Crippen LogP contribution is 2.24. The summed E-state index contributed by atoms with van der Waals surface area (Å²) in [4.78, 5) is 80.7. The van der Waals surface area contributed by atoms with E-state index in [1.54, 1.807) is 6.92 Å². The average Bonchev–Trinajstić information content (AvgIpc) is 3.76. The largest absolute Gasteiger partial charge is 0.467 e. The van der Waals surface area contributed by atoms with Crippen molar-refractivity contribution in [2.75, 3.05) is 45.9 Å². The molecular formula is C33H41F2N7O9. The summed E-state index contributed by atoms with van der Waals surface area (Å²) in [5, 5.41) is 19.0. The van der Waals surface area contributed by atoms with Gasteiger partial charge in [-0.05, 0) is 57.6 Å². The third kappa shape index (κ3) is 9.09. The lowest BCUT2D eigenvalue weighted by Gasteiger charge is -2.35. The number of ether oxygens (including phenoxy) is 2. The van der Waals surface area contributed by atoms with E-state index in [2.05, 4.69) is 15.7 Å². The summed E-state index contributed by atoms with van der Waals surface area (Å²) in [6, 6.07) is 2.22. The molecule has 2 aliphatic heterocycles. The van der Waals surface area contributed by atoms with Crippen molar-refractivity contribution in [2.24, 2.45) is 0 Å². The van der Waals surface area contributed by atoms with Crippen LogP contribution in [0.4, 0.5) is 13.6 Å². The first-order valence-corrected chi connectivity index (χ1v) is 17.0. The summed E-state index contributed by atoms with van der Waals surface area (Å²) in [5.41, 5.74) is -0.355. The first-order valence-electron chi connectivity index (χ1n) is 17.0. The van der Waals surface area contributed by atoms with E-state index in [-0.39, 0.29) is 74.8 Å². The molecule has 3 heterocycles. The van der Waals surface area contributed by atoms with Crippen LogP contribution >= 0.6 is 0 Å². The molecule has 0 bridgehead atoms. The number of esters is 1. The monoisotopic (exact) mass is 717 g/mol. The van der Waals surface area contributed by atoms with E-state index in [1.165, 1.54) is 15.9 Å². The van der Waals surface area contributed by atoms with Gasteiger partial charge in [0.2, 0.25) is 17.7 Å². The SMILES string of the molecule is CCOC(=O)CC[C@H](NC(=O)c1cc(OCC(=O)N2CCC[C@H]2C(=O)NC2CCC2)n(-c2ccc(F)c(F)c2)n1)C(=O)N1CCN(C(=O)O)CC1. The first-order chi connectivity index (χ1) is 24.4.